The molecule has 5 rings (SSSR count). The lowest BCUT2D eigenvalue weighted by atomic mass is 10.0. The summed E-state index contributed by atoms with van der Waals surface area (Å²) < 4.78 is 1.88. The fraction of sp³-hybridized carbons (Fsp3) is 0.125. The number of nitrogens with one attached hydrogen (secondary N) is 2. The Morgan fingerprint density at radius 2 is 1.61 bits per heavy atom. The average molecular weight is 428 g/mol. The lowest BCUT2D eigenvalue weighted by molar-refractivity contribution is -0.116. The summed E-state index contributed by atoms with van der Waals surface area (Å²) >= 11 is 1.42. The normalized spacial score (nSPS) is 17.5. The molecule has 3 aromatic carbocycles. The van der Waals surface area contributed by atoms with Gasteiger partial charge in [-0.1, -0.05) is 90.1 Å². The van der Waals surface area contributed by atoms with Gasteiger partial charge in [-0.05, 0) is 24.6 Å². The smallest absolute Gasteiger partial charge is 0.240 e. The van der Waals surface area contributed by atoms with Crippen molar-refractivity contribution < 1.29 is 4.79 Å². The Labute approximate surface area is 184 Å². The molecule has 2 heterocycles. The average Bonchev–Trinajstić information content (AvgIpc) is 3.24. The van der Waals surface area contributed by atoms with Gasteiger partial charge in [-0.2, -0.15) is 0 Å². The summed E-state index contributed by atoms with van der Waals surface area (Å²) in [5.41, 5.74) is 7.41. The molecule has 0 saturated heterocycles. The molecule has 6 nitrogen and oxygen atoms in total. The van der Waals surface area contributed by atoms with Gasteiger partial charge in [0, 0.05) is 11.3 Å². The zero-order valence-electron chi connectivity index (χ0n) is 16.9. The van der Waals surface area contributed by atoms with Crippen LogP contribution < -0.4 is 10.7 Å². The van der Waals surface area contributed by atoms with Crippen molar-refractivity contribution in [1.82, 2.24) is 14.9 Å². The van der Waals surface area contributed by atoms with Crippen LogP contribution in [0.2, 0.25) is 0 Å². The van der Waals surface area contributed by atoms with E-state index in [9.17, 15) is 4.79 Å². The standard InChI is InChI=1S/C24H21N5OS/c1-16-12-14-19(15-13-16)25-23(30)21-20(17-8-4-2-5-9-17)28-29-22(26-27-24(29)31-21)18-10-6-3-7-11-18/h2-15,20-21,28H,1H3,(H,25,30). The third-order valence-electron chi connectivity index (χ3n) is 5.20. The monoisotopic (exact) mass is 427 g/mol. The van der Waals surface area contributed by atoms with Crippen LogP contribution >= 0.6 is 11.8 Å². The minimum atomic E-state index is -0.413. The number of fused-ring (bicyclic) bond motifs is 1. The van der Waals surface area contributed by atoms with Crippen LogP contribution in [0.1, 0.15) is 17.2 Å². The van der Waals surface area contributed by atoms with Gasteiger partial charge in [-0.3, -0.25) is 4.79 Å². The molecule has 7 heteroatoms. The first-order valence-electron chi connectivity index (χ1n) is 10.1. The Balaban J connectivity index is 1.50. The minimum absolute atomic E-state index is 0.0780. The van der Waals surface area contributed by atoms with E-state index in [0.717, 1.165) is 28.2 Å². The number of hydrogen-bond donors (Lipinski definition) is 2. The van der Waals surface area contributed by atoms with Crippen molar-refractivity contribution in [3.8, 4) is 11.4 Å². The Morgan fingerprint density at radius 1 is 0.935 bits per heavy atom. The third kappa shape index (κ3) is 3.92. The fourth-order valence-corrected chi connectivity index (χ4v) is 4.67. The van der Waals surface area contributed by atoms with E-state index in [-0.39, 0.29) is 11.9 Å². The lowest BCUT2D eigenvalue weighted by Gasteiger charge is -2.33. The molecule has 0 spiro atoms. The highest BCUT2D eigenvalue weighted by molar-refractivity contribution is 8.00. The molecule has 2 unspecified atom stereocenters. The van der Waals surface area contributed by atoms with E-state index >= 15 is 0 Å². The first-order chi connectivity index (χ1) is 15.2. The van der Waals surface area contributed by atoms with Gasteiger partial charge in [0.25, 0.3) is 0 Å². The number of carbonyl (C=O) groups is 1. The summed E-state index contributed by atoms with van der Waals surface area (Å²) in [6.07, 6.45) is 0. The van der Waals surface area contributed by atoms with Crippen LogP contribution in [0.4, 0.5) is 5.69 Å². The number of amides is 1. The summed E-state index contributed by atoms with van der Waals surface area (Å²) in [5, 5.41) is 12.0. The van der Waals surface area contributed by atoms with Crippen molar-refractivity contribution in [2.24, 2.45) is 0 Å². The summed E-state index contributed by atoms with van der Waals surface area (Å²) in [7, 11) is 0. The molecule has 31 heavy (non-hydrogen) atoms. The highest BCUT2D eigenvalue weighted by Crippen LogP contribution is 2.38. The van der Waals surface area contributed by atoms with E-state index in [2.05, 4.69) is 20.9 Å². The van der Waals surface area contributed by atoms with Crippen LogP contribution in [-0.2, 0) is 4.79 Å². The predicted octanol–water partition coefficient (Wildman–Crippen LogP) is 4.65. The number of anilines is 1. The van der Waals surface area contributed by atoms with Crippen LogP contribution in [-0.4, -0.2) is 26.0 Å². The fourth-order valence-electron chi connectivity index (χ4n) is 3.59. The predicted molar refractivity (Wildman–Crippen MR) is 123 cm³/mol. The van der Waals surface area contributed by atoms with Crippen molar-refractivity contribution in [1.29, 1.82) is 0 Å². The van der Waals surface area contributed by atoms with E-state index in [1.54, 1.807) is 0 Å². The maximum atomic E-state index is 13.3. The number of rotatable bonds is 4. The number of nitrogens with zero attached hydrogens (tertiary/aromatic N) is 3. The first kappa shape index (κ1) is 19.4. The molecule has 1 amide bonds. The Hall–Kier alpha value is -3.58. The van der Waals surface area contributed by atoms with Crippen LogP contribution in [0, 0.1) is 6.92 Å². The number of thioether (sulfide) groups is 1. The summed E-state index contributed by atoms with van der Waals surface area (Å²) in [4.78, 5) is 13.3. The Morgan fingerprint density at radius 3 is 2.32 bits per heavy atom. The van der Waals surface area contributed by atoms with Crippen molar-refractivity contribution >= 4 is 23.4 Å². The molecule has 0 bridgehead atoms. The molecule has 1 aliphatic rings. The molecule has 1 aliphatic heterocycles. The van der Waals surface area contributed by atoms with Gasteiger partial charge in [-0.25, -0.2) is 4.68 Å². The topological polar surface area (TPSA) is 71.8 Å². The molecular formula is C24H21N5OS. The molecule has 4 aromatic rings. The van der Waals surface area contributed by atoms with E-state index in [0.29, 0.717) is 5.16 Å². The molecule has 0 fully saturated rings. The SMILES string of the molecule is Cc1ccc(NC(=O)C2Sc3nnc(-c4ccccc4)n3NC2c2ccccc2)cc1. The van der Waals surface area contributed by atoms with Crippen LogP contribution in [0.25, 0.3) is 11.4 Å². The van der Waals surface area contributed by atoms with Gasteiger partial charge in [-0.15, -0.1) is 10.2 Å². The van der Waals surface area contributed by atoms with Crippen molar-refractivity contribution in [2.45, 2.75) is 23.4 Å². The Bertz CT molecular complexity index is 1190. The molecule has 1 aromatic heterocycles. The van der Waals surface area contributed by atoms with Gasteiger partial charge >= 0.3 is 0 Å². The molecule has 2 N–H and O–H groups in total. The van der Waals surface area contributed by atoms with Crippen LogP contribution in [0.15, 0.2) is 90.1 Å². The maximum absolute atomic E-state index is 13.3. The van der Waals surface area contributed by atoms with Gasteiger partial charge in [0.15, 0.2) is 5.82 Å². The van der Waals surface area contributed by atoms with Gasteiger partial charge in [0.2, 0.25) is 11.1 Å². The number of carbonyl (C=O) groups excluding carboxylic acids is 1. The molecular weight excluding hydrogens is 406 g/mol. The van der Waals surface area contributed by atoms with Gasteiger partial charge < -0.3 is 10.7 Å². The highest BCUT2D eigenvalue weighted by Gasteiger charge is 2.38. The van der Waals surface area contributed by atoms with E-state index < -0.39 is 5.25 Å². The van der Waals surface area contributed by atoms with Crippen molar-refractivity contribution in [3.05, 3.63) is 96.1 Å². The van der Waals surface area contributed by atoms with E-state index in [4.69, 9.17) is 0 Å². The molecule has 0 aliphatic carbocycles. The largest absolute Gasteiger partial charge is 0.325 e. The van der Waals surface area contributed by atoms with Crippen LogP contribution in [0.5, 0.6) is 0 Å². The first-order valence-corrected chi connectivity index (χ1v) is 10.9. The van der Waals surface area contributed by atoms with Crippen molar-refractivity contribution in [2.75, 3.05) is 10.7 Å². The molecule has 2 atom stereocenters. The molecule has 154 valence electrons. The zero-order valence-corrected chi connectivity index (χ0v) is 17.7. The van der Waals surface area contributed by atoms with Crippen LogP contribution in [0.3, 0.4) is 0 Å². The summed E-state index contributed by atoms with van der Waals surface area (Å²) in [6, 6.07) is 27.5. The third-order valence-corrected chi connectivity index (χ3v) is 6.42. The number of benzene rings is 3. The highest BCUT2D eigenvalue weighted by atomic mass is 32.2. The second-order valence-corrected chi connectivity index (χ2v) is 8.53. The van der Waals surface area contributed by atoms with Gasteiger partial charge in [0.1, 0.15) is 5.25 Å². The molecule has 0 saturated carbocycles. The quantitative estimate of drug-likeness (QED) is 0.496. The number of aromatic nitrogens is 3. The lowest BCUT2D eigenvalue weighted by Crippen LogP contribution is -2.41. The van der Waals surface area contributed by atoms with E-state index in [1.807, 2.05) is 96.5 Å². The Kier molecular flexibility index (Phi) is 5.18. The maximum Gasteiger partial charge on any atom is 0.240 e. The minimum Gasteiger partial charge on any atom is -0.325 e. The summed E-state index contributed by atoms with van der Waals surface area (Å²) in [6.45, 7) is 2.02. The number of hydrogen-bond acceptors (Lipinski definition) is 5. The van der Waals surface area contributed by atoms with E-state index in [1.165, 1.54) is 11.8 Å². The zero-order chi connectivity index (χ0) is 21.2. The van der Waals surface area contributed by atoms with Crippen molar-refractivity contribution in [3.63, 3.8) is 0 Å². The second-order valence-electron chi connectivity index (χ2n) is 7.42. The summed E-state index contributed by atoms with van der Waals surface area (Å²) in [5.74, 6) is 0.646. The molecule has 0 radical (unpaired) electrons. The van der Waals surface area contributed by atoms with Gasteiger partial charge in [0.05, 0.1) is 6.04 Å². The number of aryl methyl sites for hydroxylation is 1. The second kappa shape index (κ2) is 8.28.